The molecule has 1 aromatic carbocycles. The fraction of sp³-hybridized carbons (Fsp3) is 0.474. The van der Waals surface area contributed by atoms with Gasteiger partial charge < -0.3 is 24.3 Å². The smallest absolute Gasteiger partial charge is 0.173 e. The van der Waals surface area contributed by atoms with Crippen LogP contribution in [0.1, 0.15) is 12.2 Å². The lowest BCUT2D eigenvalue weighted by molar-refractivity contribution is 0.269. The van der Waals surface area contributed by atoms with Crippen LogP contribution in [-0.2, 0) is 13.6 Å². The van der Waals surface area contributed by atoms with Crippen molar-refractivity contribution in [1.29, 1.82) is 0 Å². The highest BCUT2D eigenvalue weighted by atomic mass is 35.5. The first-order valence-electron chi connectivity index (χ1n) is 9.18. The molecule has 0 saturated carbocycles. The number of hydrogen-bond acceptors (Lipinski definition) is 5. The van der Waals surface area contributed by atoms with Gasteiger partial charge in [-0.1, -0.05) is 11.6 Å². The summed E-state index contributed by atoms with van der Waals surface area (Å²) in [7, 11) is 5.22. The van der Waals surface area contributed by atoms with Crippen molar-refractivity contribution in [2.75, 3.05) is 45.7 Å². The Balaban J connectivity index is 1.63. The summed E-state index contributed by atoms with van der Waals surface area (Å²) >= 11 is 11.8. The van der Waals surface area contributed by atoms with Crippen molar-refractivity contribution in [2.45, 2.75) is 13.0 Å². The maximum atomic E-state index is 6.18. The summed E-state index contributed by atoms with van der Waals surface area (Å²) in [4.78, 5) is 9.03. The lowest BCUT2D eigenvalue weighted by Gasteiger charge is -2.25. The van der Waals surface area contributed by atoms with Gasteiger partial charge in [-0.3, -0.25) is 4.90 Å². The number of thiocarbonyl (C=S) groups is 1. The molecule has 0 atom stereocenters. The summed E-state index contributed by atoms with van der Waals surface area (Å²) in [6.07, 6.45) is 4.85. The molecule has 1 aliphatic heterocycles. The minimum Gasteiger partial charge on any atom is -0.495 e. The minimum absolute atomic E-state index is 0.496. The monoisotopic (exact) mass is 423 g/mol. The average molecular weight is 424 g/mol. The van der Waals surface area contributed by atoms with Crippen molar-refractivity contribution in [3.05, 3.63) is 35.4 Å². The van der Waals surface area contributed by atoms with Crippen molar-refractivity contribution < 1.29 is 9.47 Å². The normalized spacial score (nSPS) is 15.2. The lowest BCUT2D eigenvalue weighted by Crippen LogP contribution is -2.38. The molecule has 0 unspecified atom stereocenters. The number of rotatable bonds is 5. The van der Waals surface area contributed by atoms with E-state index in [9.17, 15) is 0 Å². The number of aromatic nitrogens is 2. The molecule has 28 heavy (non-hydrogen) atoms. The summed E-state index contributed by atoms with van der Waals surface area (Å²) < 4.78 is 12.8. The van der Waals surface area contributed by atoms with Crippen molar-refractivity contribution in [3.63, 3.8) is 0 Å². The molecule has 1 aliphatic rings. The lowest BCUT2D eigenvalue weighted by atomic mass is 10.2. The Morgan fingerprint density at radius 1 is 1.18 bits per heavy atom. The van der Waals surface area contributed by atoms with E-state index >= 15 is 0 Å². The number of methoxy groups -OCH3 is 2. The van der Waals surface area contributed by atoms with Gasteiger partial charge in [-0.15, -0.1) is 0 Å². The Hall–Kier alpha value is -2.03. The van der Waals surface area contributed by atoms with Gasteiger partial charge in [0.25, 0.3) is 0 Å². The number of halogens is 1. The Labute approximate surface area is 176 Å². The standard InChI is InChI=1S/C19H26ClN5O2S/c1-23-8-5-21-18(23)13-24-6-4-7-25(10-9-24)19(28)22-15-12-16(26-2)14(20)11-17(15)27-3/h5,8,11-12H,4,6-7,9-10,13H2,1-3H3,(H,22,28). The second-order valence-corrected chi connectivity index (χ2v) is 7.48. The van der Waals surface area contributed by atoms with Crippen LogP contribution in [0.5, 0.6) is 11.5 Å². The van der Waals surface area contributed by atoms with Crippen LogP contribution < -0.4 is 14.8 Å². The molecular weight excluding hydrogens is 398 g/mol. The molecule has 152 valence electrons. The average Bonchev–Trinajstić information content (AvgIpc) is 2.94. The third kappa shape index (κ3) is 4.87. The summed E-state index contributed by atoms with van der Waals surface area (Å²) in [5.41, 5.74) is 0.739. The largest absolute Gasteiger partial charge is 0.495 e. The second kappa shape index (κ2) is 9.45. The molecule has 1 N–H and O–H groups in total. The maximum absolute atomic E-state index is 6.18. The van der Waals surface area contributed by atoms with Gasteiger partial charge in [-0.05, 0) is 18.6 Å². The van der Waals surface area contributed by atoms with Gasteiger partial charge in [0.1, 0.15) is 17.3 Å². The van der Waals surface area contributed by atoms with E-state index < -0.39 is 0 Å². The molecule has 9 heteroatoms. The number of imidazole rings is 1. The van der Waals surface area contributed by atoms with E-state index in [1.807, 2.05) is 19.4 Å². The highest BCUT2D eigenvalue weighted by Crippen LogP contribution is 2.36. The highest BCUT2D eigenvalue weighted by Gasteiger charge is 2.19. The van der Waals surface area contributed by atoms with E-state index in [4.69, 9.17) is 33.3 Å². The van der Waals surface area contributed by atoms with Crippen molar-refractivity contribution >= 4 is 34.6 Å². The number of aryl methyl sites for hydroxylation is 1. The van der Waals surface area contributed by atoms with Gasteiger partial charge >= 0.3 is 0 Å². The van der Waals surface area contributed by atoms with E-state index in [2.05, 4.69) is 24.7 Å². The van der Waals surface area contributed by atoms with Crippen LogP contribution in [0.15, 0.2) is 24.5 Å². The van der Waals surface area contributed by atoms with Crippen LogP contribution in [0.3, 0.4) is 0 Å². The van der Waals surface area contributed by atoms with Crippen LogP contribution >= 0.6 is 23.8 Å². The number of benzene rings is 1. The van der Waals surface area contributed by atoms with Crippen LogP contribution in [-0.4, -0.2) is 64.9 Å². The van der Waals surface area contributed by atoms with E-state index in [1.165, 1.54) is 0 Å². The number of hydrogen-bond donors (Lipinski definition) is 1. The Bertz CT molecular complexity index is 829. The summed E-state index contributed by atoms with van der Waals surface area (Å²) in [5.74, 6) is 2.27. The number of anilines is 1. The van der Waals surface area contributed by atoms with Crippen molar-refractivity contribution in [1.82, 2.24) is 19.4 Å². The molecular formula is C19H26ClN5O2S. The van der Waals surface area contributed by atoms with Crippen LogP contribution in [0, 0.1) is 0 Å². The van der Waals surface area contributed by atoms with E-state index in [0.717, 1.165) is 50.7 Å². The topological polar surface area (TPSA) is 54.8 Å². The fourth-order valence-electron chi connectivity index (χ4n) is 3.23. The number of ether oxygens (including phenoxy) is 2. The third-order valence-corrected chi connectivity index (χ3v) is 5.53. The Kier molecular flexibility index (Phi) is 6.98. The zero-order valence-corrected chi connectivity index (χ0v) is 18.0. The van der Waals surface area contributed by atoms with Gasteiger partial charge in [-0.2, -0.15) is 0 Å². The van der Waals surface area contributed by atoms with Crippen LogP contribution in [0.2, 0.25) is 5.02 Å². The molecule has 0 amide bonds. The van der Waals surface area contributed by atoms with Crippen LogP contribution in [0.4, 0.5) is 5.69 Å². The van der Waals surface area contributed by atoms with Gasteiger partial charge in [0.2, 0.25) is 0 Å². The second-order valence-electron chi connectivity index (χ2n) is 6.69. The molecule has 1 saturated heterocycles. The molecule has 2 heterocycles. The molecule has 0 aliphatic carbocycles. The van der Waals surface area contributed by atoms with E-state index in [1.54, 1.807) is 26.4 Å². The first kappa shape index (κ1) is 20.7. The molecule has 0 bridgehead atoms. The first-order valence-corrected chi connectivity index (χ1v) is 9.96. The number of nitrogens with one attached hydrogen (secondary N) is 1. The summed E-state index contributed by atoms with van der Waals surface area (Å²) in [6.45, 7) is 4.54. The zero-order valence-electron chi connectivity index (χ0n) is 16.4. The maximum Gasteiger partial charge on any atom is 0.173 e. The minimum atomic E-state index is 0.496. The van der Waals surface area contributed by atoms with Gasteiger partial charge in [0.15, 0.2) is 5.11 Å². The molecule has 1 fully saturated rings. The summed E-state index contributed by atoms with van der Waals surface area (Å²) in [6, 6.07) is 3.53. The predicted octanol–water partition coefficient (Wildman–Crippen LogP) is 3.00. The molecule has 3 rings (SSSR count). The SMILES string of the molecule is COc1cc(NC(=S)N2CCCN(Cc3nccn3C)CC2)c(OC)cc1Cl. The summed E-state index contributed by atoms with van der Waals surface area (Å²) in [5, 5.41) is 4.45. The van der Waals surface area contributed by atoms with Crippen molar-refractivity contribution in [3.8, 4) is 11.5 Å². The molecule has 0 radical (unpaired) electrons. The molecule has 2 aromatic rings. The fourth-order valence-corrected chi connectivity index (χ4v) is 3.76. The van der Waals surface area contributed by atoms with Crippen molar-refractivity contribution in [2.24, 2.45) is 7.05 Å². The van der Waals surface area contributed by atoms with Gasteiger partial charge in [0, 0.05) is 57.8 Å². The van der Waals surface area contributed by atoms with Gasteiger partial charge in [0.05, 0.1) is 31.5 Å². The van der Waals surface area contributed by atoms with E-state index in [-0.39, 0.29) is 0 Å². The first-order chi connectivity index (χ1) is 13.5. The highest BCUT2D eigenvalue weighted by molar-refractivity contribution is 7.80. The molecule has 0 spiro atoms. The predicted molar refractivity (Wildman–Crippen MR) is 115 cm³/mol. The molecule has 7 nitrogen and oxygen atoms in total. The van der Waals surface area contributed by atoms with Crippen LogP contribution in [0.25, 0.3) is 0 Å². The zero-order chi connectivity index (χ0) is 20.1. The van der Waals surface area contributed by atoms with E-state index in [0.29, 0.717) is 21.6 Å². The Morgan fingerprint density at radius 3 is 2.64 bits per heavy atom. The molecule has 1 aromatic heterocycles. The van der Waals surface area contributed by atoms with Gasteiger partial charge in [-0.25, -0.2) is 4.98 Å². The Morgan fingerprint density at radius 2 is 1.96 bits per heavy atom. The number of nitrogens with zero attached hydrogens (tertiary/aromatic N) is 4. The third-order valence-electron chi connectivity index (χ3n) is 4.88. The quantitative estimate of drug-likeness (QED) is 0.742.